The molecule has 1 aromatic carbocycles. The molecule has 2 heteroatoms. The van der Waals surface area contributed by atoms with Gasteiger partial charge in [-0.25, -0.2) is 0 Å². The molecule has 0 fully saturated rings. The maximum atomic E-state index is 5.78. The fraction of sp³-hybridized carbons (Fsp3) is 0.467. The first kappa shape index (κ1) is 13.6. The lowest BCUT2D eigenvalue weighted by Gasteiger charge is -2.29. The third-order valence-corrected chi connectivity index (χ3v) is 2.83. The summed E-state index contributed by atoms with van der Waals surface area (Å²) in [7, 11) is 0. The molecule has 0 aliphatic heterocycles. The van der Waals surface area contributed by atoms with Crippen LogP contribution < -0.4 is 4.74 Å². The van der Waals surface area contributed by atoms with E-state index >= 15 is 0 Å². The van der Waals surface area contributed by atoms with Gasteiger partial charge >= 0.3 is 0 Å². The van der Waals surface area contributed by atoms with Gasteiger partial charge in [0.25, 0.3) is 0 Å². The molecule has 0 amide bonds. The van der Waals surface area contributed by atoms with Crippen molar-refractivity contribution in [2.75, 3.05) is 13.2 Å². The Hall–Kier alpha value is -1.44. The third kappa shape index (κ3) is 4.94. The molecule has 0 radical (unpaired) electrons. The molecule has 0 saturated heterocycles. The van der Waals surface area contributed by atoms with Crippen LogP contribution in [0.4, 0.5) is 0 Å². The van der Waals surface area contributed by atoms with Crippen molar-refractivity contribution < 1.29 is 9.47 Å². The Balaban J connectivity index is 2.52. The van der Waals surface area contributed by atoms with Crippen LogP contribution in [0, 0.1) is 11.3 Å². The molecule has 0 aliphatic carbocycles. The van der Waals surface area contributed by atoms with E-state index in [1.54, 1.807) is 0 Å². The van der Waals surface area contributed by atoms with Gasteiger partial charge in [-0.15, -0.1) is 0 Å². The van der Waals surface area contributed by atoms with Crippen molar-refractivity contribution >= 4 is 0 Å². The van der Waals surface area contributed by atoms with E-state index in [4.69, 9.17) is 9.47 Å². The number of ether oxygens (including phenoxy) is 2. The van der Waals surface area contributed by atoms with Crippen molar-refractivity contribution in [2.45, 2.75) is 20.8 Å². The van der Waals surface area contributed by atoms with E-state index in [9.17, 15) is 0 Å². The zero-order chi connectivity index (χ0) is 12.7. The summed E-state index contributed by atoms with van der Waals surface area (Å²) in [6.45, 7) is 11.4. The second kappa shape index (κ2) is 6.33. The topological polar surface area (TPSA) is 18.5 Å². The molecule has 17 heavy (non-hydrogen) atoms. The largest absolute Gasteiger partial charge is 0.501 e. The molecular formula is C15H22O2. The average Bonchev–Trinajstić information content (AvgIpc) is 2.29. The summed E-state index contributed by atoms with van der Waals surface area (Å²) >= 11 is 0. The fourth-order valence-electron chi connectivity index (χ4n) is 1.45. The number of rotatable bonds is 6. The fourth-order valence-corrected chi connectivity index (χ4v) is 1.45. The zero-order valence-corrected chi connectivity index (χ0v) is 11.0. The highest BCUT2D eigenvalue weighted by Crippen LogP contribution is 2.27. The molecule has 1 aromatic rings. The van der Waals surface area contributed by atoms with Gasteiger partial charge in [-0.05, 0) is 17.5 Å². The average molecular weight is 234 g/mol. The van der Waals surface area contributed by atoms with Gasteiger partial charge in [0.15, 0.2) is 0 Å². The van der Waals surface area contributed by atoms with Gasteiger partial charge in [-0.1, -0.05) is 45.5 Å². The molecule has 0 unspecified atom stereocenters. The van der Waals surface area contributed by atoms with Crippen LogP contribution in [-0.2, 0) is 4.74 Å². The smallest absolute Gasteiger partial charge is 0.119 e. The number of hydrogen-bond acceptors (Lipinski definition) is 2. The highest BCUT2D eigenvalue weighted by molar-refractivity contribution is 5.20. The molecule has 0 spiro atoms. The van der Waals surface area contributed by atoms with Gasteiger partial charge in [0.1, 0.15) is 5.75 Å². The van der Waals surface area contributed by atoms with Gasteiger partial charge < -0.3 is 9.47 Å². The summed E-state index contributed by atoms with van der Waals surface area (Å²) in [5, 5.41) is 0. The van der Waals surface area contributed by atoms with E-state index in [1.807, 2.05) is 30.3 Å². The van der Waals surface area contributed by atoms with Crippen LogP contribution in [0.3, 0.4) is 0 Å². The Bertz CT molecular complexity index is 325. The molecule has 1 atom stereocenters. The van der Waals surface area contributed by atoms with Crippen LogP contribution in [0.2, 0.25) is 0 Å². The van der Waals surface area contributed by atoms with Crippen LogP contribution in [0.25, 0.3) is 0 Å². The lowest BCUT2D eigenvalue weighted by atomic mass is 9.82. The van der Waals surface area contributed by atoms with Crippen LogP contribution in [-0.4, -0.2) is 13.2 Å². The van der Waals surface area contributed by atoms with Gasteiger partial charge in [0.05, 0.1) is 19.5 Å². The highest BCUT2D eigenvalue weighted by atomic mass is 16.5. The van der Waals surface area contributed by atoms with Crippen molar-refractivity contribution in [1.82, 2.24) is 0 Å². The highest BCUT2D eigenvalue weighted by Gasteiger charge is 2.25. The van der Waals surface area contributed by atoms with Gasteiger partial charge in [-0.2, -0.15) is 0 Å². The lowest BCUT2D eigenvalue weighted by molar-refractivity contribution is 0.0727. The first-order chi connectivity index (χ1) is 8.04. The van der Waals surface area contributed by atoms with Crippen molar-refractivity contribution in [3.05, 3.63) is 43.2 Å². The SMILES string of the molecule is C=COC[C@@H](COc1ccccc1)C(C)(C)C. The van der Waals surface area contributed by atoms with Crippen LogP contribution >= 0.6 is 0 Å². The molecule has 0 aromatic heterocycles. The normalized spacial score (nSPS) is 12.9. The summed E-state index contributed by atoms with van der Waals surface area (Å²) in [5.74, 6) is 1.24. The Morgan fingerprint density at radius 3 is 2.35 bits per heavy atom. The van der Waals surface area contributed by atoms with Crippen LogP contribution in [0.15, 0.2) is 43.2 Å². The second-order valence-electron chi connectivity index (χ2n) is 5.19. The number of hydrogen-bond donors (Lipinski definition) is 0. The minimum atomic E-state index is 0.151. The lowest BCUT2D eigenvalue weighted by Crippen LogP contribution is -2.30. The molecule has 1 rings (SSSR count). The Morgan fingerprint density at radius 2 is 1.82 bits per heavy atom. The standard InChI is InChI=1S/C15H22O2/c1-5-16-11-13(15(2,3)4)12-17-14-9-7-6-8-10-14/h5-10,13H,1,11-12H2,2-4H3/t13-/m0/s1. The number of para-hydroxylation sites is 1. The van der Waals surface area contributed by atoms with Gasteiger partial charge in [0.2, 0.25) is 0 Å². The quantitative estimate of drug-likeness (QED) is 0.695. The molecular weight excluding hydrogens is 212 g/mol. The minimum Gasteiger partial charge on any atom is -0.501 e. The molecule has 2 nitrogen and oxygen atoms in total. The maximum Gasteiger partial charge on any atom is 0.119 e. The predicted octanol–water partition coefficient (Wildman–Crippen LogP) is 3.89. The Morgan fingerprint density at radius 1 is 1.18 bits per heavy atom. The summed E-state index contributed by atoms with van der Waals surface area (Å²) in [6, 6.07) is 9.86. The van der Waals surface area contributed by atoms with Crippen molar-refractivity contribution in [2.24, 2.45) is 11.3 Å². The van der Waals surface area contributed by atoms with Crippen LogP contribution in [0.5, 0.6) is 5.75 Å². The van der Waals surface area contributed by atoms with Gasteiger partial charge in [-0.3, -0.25) is 0 Å². The van der Waals surface area contributed by atoms with Crippen LogP contribution in [0.1, 0.15) is 20.8 Å². The molecule has 0 bridgehead atoms. The van der Waals surface area contributed by atoms with Crippen molar-refractivity contribution in [1.29, 1.82) is 0 Å². The monoisotopic (exact) mass is 234 g/mol. The first-order valence-corrected chi connectivity index (χ1v) is 5.94. The Kier molecular flexibility index (Phi) is 5.08. The van der Waals surface area contributed by atoms with Gasteiger partial charge in [0, 0.05) is 5.92 Å². The minimum absolute atomic E-state index is 0.151. The zero-order valence-electron chi connectivity index (χ0n) is 11.0. The second-order valence-corrected chi connectivity index (χ2v) is 5.19. The summed E-state index contributed by atoms with van der Waals surface area (Å²) in [6.07, 6.45) is 1.49. The summed E-state index contributed by atoms with van der Waals surface area (Å²) in [5.41, 5.74) is 0.151. The molecule has 0 saturated carbocycles. The van der Waals surface area contributed by atoms with Crippen molar-refractivity contribution in [3.63, 3.8) is 0 Å². The third-order valence-electron chi connectivity index (χ3n) is 2.83. The van der Waals surface area contributed by atoms with E-state index in [0.29, 0.717) is 19.1 Å². The van der Waals surface area contributed by atoms with Crippen molar-refractivity contribution in [3.8, 4) is 5.75 Å². The first-order valence-electron chi connectivity index (χ1n) is 5.94. The van der Waals surface area contributed by atoms with E-state index < -0.39 is 0 Å². The molecule has 0 aliphatic rings. The van der Waals surface area contributed by atoms with E-state index in [-0.39, 0.29) is 5.41 Å². The number of benzene rings is 1. The van der Waals surface area contributed by atoms with E-state index in [2.05, 4.69) is 27.4 Å². The summed E-state index contributed by atoms with van der Waals surface area (Å²) < 4.78 is 11.1. The Labute approximate surface area is 104 Å². The van der Waals surface area contributed by atoms with E-state index in [0.717, 1.165) is 5.75 Å². The summed E-state index contributed by atoms with van der Waals surface area (Å²) in [4.78, 5) is 0. The molecule has 0 heterocycles. The van der Waals surface area contributed by atoms with E-state index in [1.165, 1.54) is 6.26 Å². The molecule has 94 valence electrons. The predicted molar refractivity (Wildman–Crippen MR) is 71.0 cm³/mol. The molecule has 0 N–H and O–H groups in total. The maximum absolute atomic E-state index is 5.78.